The summed E-state index contributed by atoms with van der Waals surface area (Å²) in [6.07, 6.45) is -2.72. The number of hydrogen-bond acceptors (Lipinski definition) is 1. The first-order valence-electron chi connectivity index (χ1n) is 4.97. The van der Waals surface area contributed by atoms with Gasteiger partial charge in [0, 0.05) is 18.0 Å². The van der Waals surface area contributed by atoms with Gasteiger partial charge in [-0.2, -0.15) is 13.2 Å². The normalized spacial score (nSPS) is 13.6. The first-order valence-corrected chi connectivity index (χ1v) is 4.97. The molecular formula is C12H10F3NO. The van der Waals surface area contributed by atoms with Crippen molar-refractivity contribution in [1.29, 1.82) is 0 Å². The molecule has 0 aliphatic carbocycles. The second-order valence-electron chi connectivity index (χ2n) is 3.63. The van der Waals surface area contributed by atoms with Gasteiger partial charge in [0.25, 0.3) is 0 Å². The third-order valence-corrected chi connectivity index (χ3v) is 2.50. The molecule has 2 aromatic rings. The number of aromatic amines is 1. The van der Waals surface area contributed by atoms with E-state index in [-0.39, 0.29) is 5.56 Å². The Balaban J connectivity index is 2.46. The minimum atomic E-state index is -4.46. The summed E-state index contributed by atoms with van der Waals surface area (Å²) in [4.78, 5) is 2.70. The summed E-state index contributed by atoms with van der Waals surface area (Å²) < 4.78 is 38.2. The molecule has 1 aromatic carbocycles. The third kappa shape index (κ3) is 2.34. The molecule has 90 valence electrons. The van der Waals surface area contributed by atoms with E-state index in [4.69, 9.17) is 0 Å². The fourth-order valence-electron chi connectivity index (χ4n) is 1.68. The maximum atomic E-state index is 12.7. The topological polar surface area (TPSA) is 36.0 Å². The monoisotopic (exact) mass is 241 g/mol. The average Bonchev–Trinajstić information content (AvgIpc) is 2.80. The summed E-state index contributed by atoms with van der Waals surface area (Å²) in [5.74, 6) is 0. The minimum Gasteiger partial charge on any atom is -0.384 e. The quantitative estimate of drug-likeness (QED) is 0.832. The van der Waals surface area contributed by atoms with Gasteiger partial charge >= 0.3 is 6.18 Å². The van der Waals surface area contributed by atoms with Gasteiger partial charge in [0.15, 0.2) is 0 Å². The SMILES string of the molecule is OC(c1cc[nH]c1)c1ccccc1C(F)(F)F. The predicted octanol–water partition coefficient (Wildman–Crippen LogP) is 3.12. The number of aliphatic hydroxyl groups is 1. The van der Waals surface area contributed by atoms with Gasteiger partial charge in [-0.1, -0.05) is 18.2 Å². The van der Waals surface area contributed by atoms with Crippen LogP contribution in [0.25, 0.3) is 0 Å². The first kappa shape index (κ1) is 11.7. The Kier molecular flexibility index (Phi) is 2.93. The summed E-state index contributed by atoms with van der Waals surface area (Å²) in [6.45, 7) is 0. The van der Waals surface area contributed by atoms with E-state index in [9.17, 15) is 18.3 Å². The number of nitrogens with one attached hydrogen (secondary N) is 1. The van der Waals surface area contributed by atoms with Crippen LogP contribution in [0.3, 0.4) is 0 Å². The molecule has 0 saturated carbocycles. The van der Waals surface area contributed by atoms with Gasteiger partial charge in [-0.15, -0.1) is 0 Å². The lowest BCUT2D eigenvalue weighted by Crippen LogP contribution is -2.12. The van der Waals surface area contributed by atoms with Gasteiger partial charge in [-0.05, 0) is 17.7 Å². The molecule has 1 heterocycles. The Hall–Kier alpha value is -1.75. The van der Waals surface area contributed by atoms with Crippen molar-refractivity contribution < 1.29 is 18.3 Å². The highest BCUT2D eigenvalue weighted by Gasteiger charge is 2.34. The van der Waals surface area contributed by atoms with Crippen molar-refractivity contribution in [3.63, 3.8) is 0 Å². The Bertz CT molecular complexity index is 491. The molecule has 0 bridgehead atoms. The molecule has 0 spiro atoms. The maximum absolute atomic E-state index is 12.7. The Morgan fingerprint density at radius 3 is 2.41 bits per heavy atom. The highest BCUT2D eigenvalue weighted by atomic mass is 19.4. The zero-order valence-electron chi connectivity index (χ0n) is 8.70. The standard InChI is InChI=1S/C12H10F3NO/c13-12(14,15)10-4-2-1-3-9(10)11(17)8-5-6-16-7-8/h1-7,11,16-17H. The largest absolute Gasteiger partial charge is 0.416 e. The Labute approximate surface area is 95.7 Å². The molecule has 2 nitrogen and oxygen atoms in total. The number of rotatable bonds is 2. The number of benzene rings is 1. The lowest BCUT2D eigenvalue weighted by atomic mass is 9.98. The molecule has 1 aromatic heterocycles. The number of alkyl halides is 3. The smallest absolute Gasteiger partial charge is 0.384 e. The number of aromatic nitrogens is 1. The first-order chi connectivity index (χ1) is 8.00. The van der Waals surface area contributed by atoms with Gasteiger partial charge in [0.2, 0.25) is 0 Å². The molecule has 0 saturated heterocycles. The summed E-state index contributed by atoms with van der Waals surface area (Å²) in [5, 5.41) is 9.90. The second kappa shape index (κ2) is 4.25. The van der Waals surface area contributed by atoms with Crippen LogP contribution in [0.5, 0.6) is 0 Å². The third-order valence-electron chi connectivity index (χ3n) is 2.50. The molecule has 1 atom stereocenters. The molecule has 2 N–H and O–H groups in total. The van der Waals surface area contributed by atoms with Crippen LogP contribution in [0, 0.1) is 0 Å². The molecule has 0 radical (unpaired) electrons. The van der Waals surface area contributed by atoms with Crippen LogP contribution in [-0.2, 0) is 6.18 Å². The number of aliphatic hydroxyl groups excluding tert-OH is 1. The molecule has 17 heavy (non-hydrogen) atoms. The van der Waals surface area contributed by atoms with Gasteiger partial charge < -0.3 is 10.1 Å². The number of hydrogen-bond donors (Lipinski definition) is 2. The Morgan fingerprint density at radius 1 is 1.12 bits per heavy atom. The van der Waals surface area contributed by atoms with E-state index in [0.717, 1.165) is 6.07 Å². The molecular weight excluding hydrogens is 231 g/mol. The van der Waals surface area contributed by atoms with Gasteiger partial charge in [0.05, 0.1) is 5.56 Å². The van der Waals surface area contributed by atoms with Crippen LogP contribution in [0.15, 0.2) is 42.7 Å². The highest BCUT2D eigenvalue weighted by molar-refractivity contribution is 5.36. The molecule has 2 rings (SSSR count). The van der Waals surface area contributed by atoms with E-state index in [2.05, 4.69) is 4.98 Å². The van der Waals surface area contributed by atoms with Crippen molar-refractivity contribution in [1.82, 2.24) is 4.98 Å². The van der Waals surface area contributed by atoms with Crippen LogP contribution in [0.4, 0.5) is 13.2 Å². The van der Waals surface area contributed by atoms with Crippen molar-refractivity contribution in [2.75, 3.05) is 0 Å². The zero-order valence-corrected chi connectivity index (χ0v) is 8.70. The Morgan fingerprint density at radius 2 is 1.82 bits per heavy atom. The molecule has 1 unspecified atom stereocenters. The summed E-state index contributed by atoms with van der Waals surface area (Å²) in [7, 11) is 0. The van der Waals surface area contributed by atoms with E-state index >= 15 is 0 Å². The van der Waals surface area contributed by atoms with Crippen LogP contribution >= 0.6 is 0 Å². The number of H-pyrrole nitrogens is 1. The molecule has 0 aliphatic heterocycles. The average molecular weight is 241 g/mol. The van der Waals surface area contributed by atoms with Crippen molar-refractivity contribution in [2.45, 2.75) is 12.3 Å². The fraction of sp³-hybridized carbons (Fsp3) is 0.167. The van der Waals surface area contributed by atoms with E-state index < -0.39 is 17.8 Å². The van der Waals surface area contributed by atoms with Gasteiger partial charge in [-0.25, -0.2) is 0 Å². The van der Waals surface area contributed by atoms with Gasteiger partial charge in [0.1, 0.15) is 6.10 Å². The minimum absolute atomic E-state index is 0.139. The van der Waals surface area contributed by atoms with Crippen LogP contribution < -0.4 is 0 Å². The van der Waals surface area contributed by atoms with E-state index in [1.165, 1.54) is 30.5 Å². The second-order valence-corrected chi connectivity index (χ2v) is 3.63. The lowest BCUT2D eigenvalue weighted by Gasteiger charge is -2.16. The van der Waals surface area contributed by atoms with Gasteiger partial charge in [-0.3, -0.25) is 0 Å². The predicted molar refractivity (Wildman–Crippen MR) is 56.3 cm³/mol. The van der Waals surface area contributed by atoms with Crippen molar-refractivity contribution >= 4 is 0 Å². The summed E-state index contributed by atoms with van der Waals surface area (Å²) in [5.41, 5.74) is -0.546. The number of halogens is 3. The molecule has 5 heteroatoms. The van der Waals surface area contributed by atoms with E-state index in [1.54, 1.807) is 6.20 Å². The maximum Gasteiger partial charge on any atom is 0.416 e. The zero-order chi connectivity index (χ0) is 12.5. The molecule has 0 aliphatic rings. The van der Waals surface area contributed by atoms with E-state index in [1.807, 2.05) is 0 Å². The highest BCUT2D eigenvalue weighted by Crippen LogP contribution is 2.36. The van der Waals surface area contributed by atoms with Crippen LogP contribution in [0.2, 0.25) is 0 Å². The van der Waals surface area contributed by atoms with Crippen molar-refractivity contribution in [2.24, 2.45) is 0 Å². The fourth-order valence-corrected chi connectivity index (χ4v) is 1.68. The summed E-state index contributed by atoms with van der Waals surface area (Å²) >= 11 is 0. The van der Waals surface area contributed by atoms with Crippen molar-refractivity contribution in [3.8, 4) is 0 Å². The van der Waals surface area contributed by atoms with E-state index in [0.29, 0.717) is 5.56 Å². The molecule has 0 amide bonds. The lowest BCUT2D eigenvalue weighted by molar-refractivity contribution is -0.139. The summed E-state index contributed by atoms with van der Waals surface area (Å²) in [6, 6.07) is 6.56. The molecule has 0 fully saturated rings. The van der Waals surface area contributed by atoms with Crippen LogP contribution in [0.1, 0.15) is 22.8 Å². The van der Waals surface area contributed by atoms with Crippen LogP contribution in [-0.4, -0.2) is 10.1 Å². The van der Waals surface area contributed by atoms with Crippen molar-refractivity contribution in [3.05, 3.63) is 59.4 Å².